The van der Waals surface area contributed by atoms with E-state index in [0.717, 1.165) is 24.0 Å². The Morgan fingerprint density at radius 3 is 2.48 bits per heavy atom. The van der Waals surface area contributed by atoms with Gasteiger partial charge < -0.3 is 4.90 Å². The van der Waals surface area contributed by atoms with E-state index in [1.165, 1.54) is 4.31 Å². The van der Waals surface area contributed by atoms with Crippen molar-refractivity contribution in [3.05, 3.63) is 24.3 Å². The summed E-state index contributed by atoms with van der Waals surface area (Å²) in [6.45, 7) is 2.47. The van der Waals surface area contributed by atoms with Crippen molar-refractivity contribution in [2.45, 2.75) is 0 Å². The summed E-state index contributed by atoms with van der Waals surface area (Å²) in [6, 6.07) is 7.56. The molecule has 1 N–H and O–H groups in total. The van der Waals surface area contributed by atoms with Gasteiger partial charge in [-0.25, -0.2) is 0 Å². The SMILES string of the molecule is CN1CCN(S(=O)(=O)Nc2nn(C)c3ccccc23)CC1. The zero-order chi connectivity index (χ0) is 15.0. The normalized spacial score (nSPS) is 18.2. The number of hydrogen-bond acceptors (Lipinski definition) is 4. The van der Waals surface area contributed by atoms with Crippen LogP contribution >= 0.6 is 0 Å². The van der Waals surface area contributed by atoms with Gasteiger partial charge in [0.25, 0.3) is 0 Å². The van der Waals surface area contributed by atoms with Crippen LogP contribution in [0.25, 0.3) is 10.9 Å². The van der Waals surface area contributed by atoms with E-state index in [2.05, 4.69) is 14.7 Å². The van der Waals surface area contributed by atoms with Gasteiger partial charge in [-0.2, -0.15) is 17.8 Å². The molecule has 1 saturated heterocycles. The molecular weight excluding hydrogens is 290 g/mol. The second kappa shape index (κ2) is 5.28. The first kappa shape index (κ1) is 14.3. The van der Waals surface area contributed by atoms with Crippen molar-refractivity contribution in [1.82, 2.24) is 19.0 Å². The highest BCUT2D eigenvalue weighted by Gasteiger charge is 2.27. The molecule has 1 aromatic carbocycles. The van der Waals surface area contributed by atoms with E-state index < -0.39 is 10.2 Å². The van der Waals surface area contributed by atoms with Gasteiger partial charge in [0.2, 0.25) is 0 Å². The fraction of sp³-hybridized carbons (Fsp3) is 0.462. The number of para-hydroxylation sites is 1. The number of benzene rings is 1. The van der Waals surface area contributed by atoms with Crippen molar-refractivity contribution in [1.29, 1.82) is 0 Å². The van der Waals surface area contributed by atoms with Crippen molar-refractivity contribution in [3.63, 3.8) is 0 Å². The molecular formula is C13H19N5O2S. The Bertz CT molecular complexity index is 747. The molecule has 2 aromatic rings. The first-order valence-electron chi connectivity index (χ1n) is 6.85. The van der Waals surface area contributed by atoms with Crippen LogP contribution in [0.2, 0.25) is 0 Å². The summed E-state index contributed by atoms with van der Waals surface area (Å²) in [7, 11) is 0.234. The van der Waals surface area contributed by atoms with Gasteiger partial charge in [-0.05, 0) is 19.2 Å². The Morgan fingerprint density at radius 2 is 1.76 bits per heavy atom. The smallest absolute Gasteiger partial charge is 0.302 e. The Hall–Kier alpha value is -1.64. The standard InChI is InChI=1S/C13H19N5O2S/c1-16-7-9-18(10-8-16)21(19,20)15-13-11-5-3-4-6-12(11)17(2)14-13/h3-6H,7-10H2,1-2H3,(H,14,15). The van der Waals surface area contributed by atoms with Gasteiger partial charge in [0, 0.05) is 38.6 Å². The van der Waals surface area contributed by atoms with Crippen molar-refractivity contribution >= 4 is 26.9 Å². The molecule has 114 valence electrons. The second-order valence-corrected chi connectivity index (χ2v) is 6.97. The molecule has 7 nitrogen and oxygen atoms in total. The molecule has 0 spiro atoms. The Labute approximate surface area is 124 Å². The molecule has 2 heterocycles. The number of nitrogens with one attached hydrogen (secondary N) is 1. The van der Waals surface area contributed by atoms with Gasteiger partial charge in [0.15, 0.2) is 5.82 Å². The maximum atomic E-state index is 12.5. The maximum absolute atomic E-state index is 12.5. The molecule has 0 unspecified atom stereocenters. The summed E-state index contributed by atoms with van der Waals surface area (Å²) in [5, 5.41) is 5.08. The molecule has 1 aliphatic heterocycles. The van der Waals surface area contributed by atoms with Crippen LogP contribution in [0.1, 0.15) is 0 Å². The highest BCUT2D eigenvalue weighted by Crippen LogP contribution is 2.23. The first-order valence-corrected chi connectivity index (χ1v) is 8.29. The van der Waals surface area contributed by atoms with Gasteiger partial charge in [-0.15, -0.1) is 0 Å². The van der Waals surface area contributed by atoms with Crippen molar-refractivity contribution < 1.29 is 8.42 Å². The topological polar surface area (TPSA) is 70.5 Å². The van der Waals surface area contributed by atoms with Gasteiger partial charge in [0.1, 0.15) is 0 Å². The lowest BCUT2D eigenvalue weighted by Crippen LogP contribution is -2.48. The minimum atomic E-state index is -3.56. The number of piperazine rings is 1. The first-order chi connectivity index (χ1) is 9.97. The van der Waals surface area contributed by atoms with Gasteiger partial charge in [-0.1, -0.05) is 12.1 Å². The van der Waals surface area contributed by atoms with E-state index >= 15 is 0 Å². The van der Waals surface area contributed by atoms with E-state index in [9.17, 15) is 8.42 Å². The largest absolute Gasteiger partial charge is 0.304 e. The monoisotopic (exact) mass is 309 g/mol. The van der Waals surface area contributed by atoms with Crippen LogP contribution in [0, 0.1) is 0 Å². The Balaban J connectivity index is 1.87. The van der Waals surface area contributed by atoms with Gasteiger partial charge in [0.05, 0.1) is 5.52 Å². The summed E-state index contributed by atoms with van der Waals surface area (Å²) in [5.74, 6) is 0.382. The van der Waals surface area contributed by atoms with Crippen LogP contribution in [0.15, 0.2) is 24.3 Å². The molecule has 1 aliphatic rings. The highest BCUT2D eigenvalue weighted by atomic mass is 32.2. The fourth-order valence-electron chi connectivity index (χ4n) is 2.50. The summed E-state index contributed by atoms with van der Waals surface area (Å²) in [6.07, 6.45) is 0. The number of fused-ring (bicyclic) bond motifs is 1. The molecule has 8 heteroatoms. The highest BCUT2D eigenvalue weighted by molar-refractivity contribution is 7.90. The average Bonchev–Trinajstić information content (AvgIpc) is 2.76. The summed E-state index contributed by atoms with van der Waals surface area (Å²) in [5.41, 5.74) is 0.897. The Kier molecular flexibility index (Phi) is 3.60. The molecule has 0 aliphatic carbocycles. The number of anilines is 1. The van der Waals surface area contributed by atoms with Gasteiger partial charge >= 0.3 is 10.2 Å². The lowest BCUT2D eigenvalue weighted by molar-refractivity contribution is 0.223. The molecule has 3 rings (SSSR count). The van der Waals surface area contributed by atoms with E-state index in [-0.39, 0.29) is 0 Å². The molecule has 0 atom stereocenters. The molecule has 1 aromatic heterocycles. The van der Waals surface area contributed by atoms with Crippen molar-refractivity contribution in [3.8, 4) is 0 Å². The van der Waals surface area contributed by atoms with Crippen molar-refractivity contribution in [2.24, 2.45) is 7.05 Å². The zero-order valence-electron chi connectivity index (χ0n) is 12.2. The summed E-state index contributed by atoms with van der Waals surface area (Å²) < 4.78 is 30.7. The third-order valence-electron chi connectivity index (χ3n) is 3.79. The average molecular weight is 309 g/mol. The zero-order valence-corrected chi connectivity index (χ0v) is 13.0. The lowest BCUT2D eigenvalue weighted by Gasteiger charge is -2.31. The fourth-order valence-corrected chi connectivity index (χ4v) is 3.67. The molecule has 21 heavy (non-hydrogen) atoms. The maximum Gasteiger partial charge on any atom is 0.302 e. The molecule has 0 bridgehead atoms. The third-order valence-corrected chi connectivity index (χ3v) is 5.28. The van der Waals surface area contributed by atoms with Crippen LogP contribution in [-0.4, -0.2) is 60.6 Å². The van der Waals surface area contributed by atoms with E-state index in [1.54, 1.807) is 11.7 Å². The number of likely N-dealkylation sites (N-methyl/N-ethyl adjacent to an activating group) is 1. The van der Waals surface area contributed by atoms with Crippen LogP contribution in [0.3, 0.4) is 0 Å². The van der Waals surface area contributed by atoms with Crippen LogP contribution in [-0.2, 0) is 17.3 Å². The lowest BCUT2D eigenvalue weighted by atomic mass is 10.2. The summed E-state index contributed by atoms with van der Waals surface area (Å²) in [4.78, 5) is 2.11. The minimum absolute atomic E-state index is 0.382. The third kappa shape index (κ3) is 2.74. The number of aryl methyl sites for hydroxylation is 1. The van der Waals surface area contributed by atoms with E-state index in [0.29, 0.717) is 18.9 Å². The van der Waals surface area contributed by atoms with Crippen LogP contribution < -0.4 is 4.72 Å². The second-order valence-electron chi connectivity index (χ2n) is 5.30. The molecule has 0 radical (unpaired) electrons. The number of rotatable bonds is 3. The Morgan fingerprint density at radius 1 is 1.10 bits per heavy atom. The molecule has 1 fully saturated rings. The number of nitrogens with zero attached hydrogens (tertiary/aromatic N) is 4. The number of aromatic nitrogens is 2. The van der Waals surface area contributed by atoms with E-state index in [4.69, 9.17) is 0 Å². The number of hydrogen-bond donors (Lipinski definition) is 1. The summed E-state index contributed by atoms with van der Waals surface area (Å²) >= 11 is 0. The van der Waals surface area contributed by atoms with E-state index in [1.807, 2.05) is 31.3 Å². The van der Waals surface area contributed by atoms with Crippen LogP contribution in [0.4, 0.5) is 5.82 Å². The predicted molar refractivity (Wildman–Crippen MR) is 82.3 cm³/mol. The molecule has 0 saturated carbocycles. The molecule has 0 amide bonds. The predicted octanol–water partition coefficient (Wildman–Crippen LogP) is 0.477. The minimum Gasteiger partial charge on any atom is -0.304 e. The van der Waals surface area contributed by atoms with Crippen molar-refractivity contribution in [2.75, 3.05) is 37.9 Å². The van der Waals surface area contributed by atoms with Crippen LogP contribution in [0.5, 0.6) is 0 Å². The quantitative estimate of drug-likeness (QED) is 0.895. The van der Waals surface area contributed by atoms with Gasteiger partial charge in [-0.3, -0.25) is 9.40 Å².